The summed E-state index contributed by atoms with van der Waals surface area (Å²) in [4.78, 5) is 6.47. The van der Waals surface area contributed by atoms with E-state index in [0.29, 0.717) is 13.0 Å². The molecule has 0 fully saturated rings. The Kier molecular flexibility index (Phi) is 4.32. The summed E-state index contributed by atoms with van der Waals surface area (Å²) in [5.74, 6) is 0.839. The van der Waals surface area contributed by atoms with Gasteiger partial charge in [-0.2, -0.15) is 5.26 Å². The second-order valence-corrected chi connectivity index (χ2v) is 4.53. The van der Waals surface area contributed by atoms with Gasteiger partial charge in [-0.1, -0.05) is 24.3 Å². The van der Waals surface area contributed by atoms with E-state index in [1.807, 2.05) is 53.4 Å². The van der Waals surface area contributed by atoms with Gasteiger partial charge in [0, 0.05) is 12.2 Å². The summed E-state index contributed by atoms with van der Waals surface area (Å²) in [6.07, 6.45) is 0.461. The third-order valence-corrected chi connectivity index (χ3v) is 2.93. The maximum Gasteiger partial charge on any atom is 0.134 e. The Morgan fingerprint density at radius 3 is 2.56 bits per heavy atom. The third kappa shape index (κ3) is 3.08. The van der Waals surface area contributed by atoms with Crippen molar-refractivity contribution in [1.29, 1.82) is 5.26 Å². The van der Waals surface area contributed by atoms with E-state index in [4.69, 9.17) is 5.26 Å². The van der Waals surface area contributed by atoms with Gasteiger partial charge in [-0.15, -0.1) is 0 Å². The lowest BCUT2D eigenvalue weighted by atomic mass is 10.2. The van der Waals surface area contributed by atoms with E-state index in [2.05, 4.69) is 27.0 Å². The molecule has 0 atom stereocenters. The molecule has 0 radical (unpaired) electrons. The van der Waals surface area contributed by atoms with Gasteiger partial charge in [-0.05, 0) is 40.2 Å². The molecule has 0 spiro atoms. The molecule has 1 heterocycles. The highest BCUT2D eigenvalue weighted by molar-refractivity contribution is 9.10. The first-order valence-electron chi connectivity index (χ1n) is 5.63. The molecule has 0 amide bonds. The molecule has 2 rings (SSSR count). The molecule has 0 aliphatic heterocycles. The van der Waals surface area contributed by atoms with Crippen LogP contribution in [0.2, 0.25) is 0 Å². The number of hydrogen-bond acceptors (Lipinski definition) is 3. The van der Waals surface area contributed by atoms with Crippen LogP contribution in [0.15, 0.2) is 53.1 Å². The van der Waals surface area contributed by atoms with Crippen molar-refractivity contribution in [3.05, 3.63) is 53.1 Å². The van der Waals surface area contributed by atoms with Gasteiger partial charge in [0.05, 0.1) is 12.5 Å². The van der Waals surface area contributed by atoms with Crippen LogP contribution in [0.25, 0.3) is 0 Å². The first-order valence-corrected chi connectivity index (χ1v) is 6.42. The molecule has 1 aromatic heterocycles. The Labute approximate surface area is 115 Å². The van der Waals surface area contributed by atoms with E-state index < -0.39 is 0 Å². The Balaban J connectivity index is 2.34. The zero-order valence-corrected chi connectivity index (χ0v) is 11.3. The monoisotopic (exact) mass is 301 g/mol. The molecule has 4 heteroatoms. The minimum absolute atomic E-state index is 0.461. The van der Waals surface area contributed by atoms with Crippen molar-refractivity contribution in [3.8, 4) is 6.07 Å². The van der Waals surface area contributed by atoms with Gasteiger partial charge in [0.1, 0.15) is 10.4 Å². The second-order valence-electron chi connectivity index (χ2n) is 3.71. The van der Waals surface area contributed by atoms with Crippen LogP contribution < -0.4 is 4.90 Å². The van der Waals surface area contributed by atoms with Crippen molar-refractivity contribution in [1.82, 2.24) is 4.98 Å². The quantitative estimate of drug-likeness (QED) is 0.804. The Hall–Kier alpha value is -1.86. The van der Waals surface area contributed by atoms with Gasteiger partial charge in [0.2, 0.25) is 0 Å². The predicted molar refractivity (Wildman–Crippen MR) is 75.6 cm³/mol. The van der Waals surface area contributed by atoms with Gasteiger partial charge >= 0.3 is 0 Å². The average Bonchev–Trinajstić information content (AvgIpc) is 2.40. The van der Waals surface area contributed by atoms with Crippen LogP contribution in [0.5, 0.6) is 0 Å². The van der Waals surface area contributed by atoms with Crippen LogP contribution in [0.3, 0.4) is 0 Å². The van der Waals surface area contributed by atoms with Crippen molar-refractivity contribution in [2.45, 2.75) is 6.42 Å². The van der Waals surface area contributed by atoms with Crippen molar-refractivity contribution >= 4 is 27.4 Å². The van der Waals surface area contributed by atoms with E-state index in [1.54, 1.807) is 0 Å². The highest BCUT2D eigenvalue weighted by atomic mass is 79.9. The van der Waals surface area contributed by atoms with Crippen LogP contribution in [-0.4, -0.2) is 11.5 Å². The molecule has 1 aromatic carbocycles. The van der Waals surface area contributed by atoms with E-state index >= 15 is 0 Å². The topological polar surface area (TPSA) is 39.9 Å². The number of halogens is 1. The third-order valence-electron chi connectivity index (χ3n) is 2.49. The minimum Gasteiger partial charge on any atom is -0.325 e. The first kappa shape index (κ1) is 12.6. The Morgan fingerprint density at radius 1 is 1.11 bits per heavy atom. The fourth-order valence-corrected chi connectivity index (χ4v) is 2.03. The van der Waals surface area contributed by atoms with Gasteiger partial charge in [0.25, 0.3) is 0 Å². The summed E-state index contributed by atoms with van der Waals surface area (Å²) in [5.41, 5.74) is 1.04. The molecule has 0 saturated carbocycles. The number of benzene rings is 1. The molecule has 0 N–H and O–H groups in total. The summed E-state index contributed by atoms with van der Waals surface area (Å²) < 4.78 is 0.790. The summed E-state index contributed by atoms with van der Waals surface area (Å²) in [7, 11) is 0. The molecule has 2 aromatic rings. The fourth-order valence-electron chi connectivity index (χ4n) is 1.69. The maximum absolute atomic E-state index is 8.76. The number of rotatable bonds is 4. The number of pyridine rings is 1. The lowest BCUT2D eigenvalue weighted by Crippen LogP contribution is -2.19. The number of nitrogens with zero attached hydrogens (tertiary/aromatic N) is 3. The van der Waals surface area contributed by atoms with E-state index in [-0.39, 0.29) is 0 Å². The van der Waals surface area contributed by atoms with Crippen molar-refractivity contribution < 1.29 is 0 Å². The van der Waals surface area contributed by atoms with Crippen molar-refractivity contribution in [2.24, 2.45) is 0 Å². The number of nitriles is 1. The van der Waals surface area contributed by atoms with Crippen LogP contribution in [-0.2, 0) is 0 Å². The fraction of sp³-hybridized carbons (Fsp3) is 0.143. The van der Waals surface area contributed by atoms with E-state index in [1.165, 1.54) is 0 Å². The van der Waals surface area contributed by atoms with Gasteiger partial charge in [-0.3, -0.25) is 0 Å². The average molecular weight is 302 g/mol. The lowest BCUT2D eigenvalue weighted by Gasteiger charge is -2.22. The summed E-state index contributed by atoms with van der Waals surface area (Å²) in [6, 6.07) is 17.9. The lowest BCUT2D eigenvalue weighted by molar-refractivity contribution is 0.924. The minimum atomic E-state index is 0.461. The Morgan fingerprint density at radius 2 is 1.89 bits per heavy atom. The van der Waals surface area contributed by atoms with Crippen LogP contribution in [0.1, 0.15) is 6.42 Å². The molecular formula is C14H12BrN3. The molecule has 0 aliphatic carbocycles. The van der Waals surface area contributed by atoms with E-state index in [9.17, 15) is 0 Å². The molecule has 0 saturated heterocycles. The van der Waals surface area contributed by atoms with Crippen LogP contribution in [0, 0.1) is 11.3 Å². The van der Waals surface area contributed by atoms with Crippen LogP contribution in [0.4, 0.5) is 11.5 Å². The number of aromatic nitrogens is 1. The largest absolute Gasteiger partial charge is 0.325 e. The number of anilines is 2. The second kappa shape index (κ2) is 6.18. The summed E-state index contributed by atoms with van der Waals surface area (Å²) >= 11 is 3.37. The molecule has 18 heavy (non-hydrogen) atoms. The SMILES string of the molecule is N#CCCN(c1ccccc1)c1cccc(Br)n1. The molecule has 0 bridgehead atoms. The smallest absolute Gasteiger partial charge is 0.134 e. The molecular weight excluding hydrogens is 290 g/mol. The standard InChI is InChI=1S/C14H12BrN3/c15-13-8-4-9-14(17-13)18(11-5-10-16)12-6-2-1-3-7-12/h1-4,6-9H,5,11H2. The predicted octanol–water partition coefficient (Wildman–Crippen LogP) is 3.90. The molecule has 0 aliphatic rings. The number of para-hydroxylation sites is 1. The van der Waals surface area contributed by atoms with Gasteiger partial charge in [-0.25, -0.2) is 4.98 Å². The summed E-state index contributed by atoms with van der Waals surface area (Å²) in [6.45, 7) is 0.629. The van der Waals surface area contributed by atoms with Crippen molar-refractivity contribution in [3.63, 3.8) is 0 Å². The van der Waals surface area contributed by atoms with Gasteiger partial charge in [0.15, 0.2) is 0 Å². The van der Waals surface area contributed by atoms with E-state index in [0.717, 1.165) is 16.1 Å². The van der Waals surface area contributed by atoms with Crippen LogP contribution >= 0.6 is 15.9 Å². The van der Waals surface area contributed by atoms with Gasteiger partial charge < -0.3 is 4.90 Å². The molecule has 3 nitrogen and oxygen atoms in total. The zero-order chi connectivity index (χ0) is 12.8. The summed E-state index contributed by atoms with van der Waals surface area (Å²) in [5, 5.41) is 8.76. The maximum atomic E-state index is 8.76. The Bertz CT molecular complexity index is 548. The highest BCUT2D eigenvalue weighted by Crippen LogP contribution is 2.24. The zero-order valence-electron chi connectivity index (χ0n) is 9.75. The first-order chi connectivity index (χ1) is 8.81. The normalized spacial score (nSPS) is 9.78. The molecule has 90 valence electrons. The highest BCUT2D eigenvalue weighted by Gasteiger charge is 2.09. The molecule has 0 unspecified atom stereocenters. The van der Waals surface area contributed by atoms with Crippen molar-refractivity contribution in [2.75, 3.05) is 11.4 Å². The number of hydrogen-bond donors (Lipinski definition) is 0.